The molecule has 4 aromatic carbocycles. The summed E-state index contributed by atoms with van der Waals surface area (Å²) in [6.07, 6.45) is -8.70. The summed E-state index contributed by atoms with van der Waals surface area (Å²) in [6, 6.07) is 15.2. The van der Waals surface area contributed by atoms with Crippen LogP contribution in [0.3, 0.4) is 0 Å². The Balaban J connectivity index is 1.66. The van der Waals surface area contributed by atoms with E-state index < -0.39 is 23.5 Å². The van der Waals surface area contributed by atoms with Crippen molar-refractivity contribution < 1.29 is 26.3 Å². The molecule has 6 rings (SSSR count). The molecular formula is C29H19F6N. The highest BCUT2D eigenvalue weighted by Gasteiger charge is 2.40. The molecule has 4 aromatic rings. The number of anilines is 1. The Kier molecular flexibility index (Phi) is 4.66. The van der Waals surface area contributed by atoms with Crippen molar-refractivity contribution in [3.63, 3.8) is 0 Å². The molecule has 2 N–H and O–H groups in total. The van der Waals surface area contributed by atoms with E-state index in [1.54, 1.807) is 13.0 Å². The number of hydrogen-bond donors (Lipinski definition) is 1. The van der Waals surface area contributed by atoms with E-state index in [0.717, 1.165) is 40.5 Å². The van der Waals surface area contributed by atoms with Gasteiger partial charge in [-0.05, 0) is 98.8 Å². The number of fused-ring (bicyclic) bond motifs is 6. The first kappa shape index (κ1) is 22.7. The van der Waals surface area contributed by atoms with Crippen LogP contribution < -0.4 is 5.73 Å². The van der Waals surface area contributed by atoms with Crippen molar-refractivity contribution in [3.8, 4) is 33.4 Å². The monoisotopic (exact) mass is 495 g/mol. The molecule has 0 radical (unpaired) electrons. The van der Waals surface area contributed by atoms with E-state index in [2.05, 4.69) is 0 Å². The van der Waals surface area contributed by atoms with E-state index in [-0.39, 0.29) is 23.1 Å². The molecule has 0 saturated carbocycles. The van der Waals surface area contributed by atoms with Crippen molar-refractivity contribution in [1.29, 1.82) is 0 Å². The third-order valence-corrected chi connectivity index (χ3v) is 7.38. The fourth-order valence-corrected chi connectivity index (χ4v) is 5.68. The Bertz CT molecular complexity index is 1580. The minimum Gasteiger partial charge on any atom is -0.398 e. The Morgan fingerprint density at radius 3 is 2.00 bits per heavy atom. The summed E-state index contributed by atoms with van der Waals surface area (Å²) in [7, 11) is 0. The normalized spacial score (nSPS) is 13.9. The molecule has 0 unspecified atom stereocenters. The third kappa shape index (κ3) is 3.25. The molecule has 2 aliphatic carbocycles. The first-order chi connectivity index (χ1) is 16.9. The zero-order valence-electron chi connectivity index (χ0n) is 19.0. The van der Waals surface area contributed by atoms with Crippen LogP contribution in [0.1, 0.15) is 38.9 Å². The molecule has 182 valence electrons. The van der Waals surface area contributed by atoms with Crippen molar-refractivity contribution in [3.05, 3.63) is 99.6 Å². The highest BCUT2D eigenvalue weighted by atomic mass is 19.4. The summed E-state index contributed by atoms with van der Waals surface area (Å²) in [5.41, 5.74) is 10.9. The van der Waals surface area contributed by atoms with E-state index in [1.165, 1.54) is 6.07 Å². The van der Waals surface area contributed by atoms with Gasteiger partial charge < -0.3 is 5.73 Å². The summed E-state index contributed by atoms with van der Waals surface area (Å²) in [6.45, 7) is 1.75. The topological polar surface area (TPSA) is 26.0 Å². The molecule has 0 aromatic heterocycles. The smallest absolute Gasteiger partial charge is 0.398 e. The van der Waals surface area contributed by atoms with Crippen LogP contribution in [0.5, 0.6) is 0 Å². The Morgan fingerprint density at radius 2 is 1.28 bits per heavy atom. The number of halogens is 6. The van der Waals surface area contributed by atoms with Crippen LogP contribution in [0, 0.1) is 6.92 Å². The largest absolute Gasteiger partial charge is 0.417 e. The lowest BCUT2D eigenvalue weighted by Crippen LogP contribution is -2.09. The zero-order chi connectivity index (χ0) is 25.6. The predicted molar refractivity (Wildman–Crippen MR) is 128 cm³/mol. The minimum atomic E-state index is -4.73. The van der Waals surface area contributed by atoms with Gasteiger partial charge >= 0.3 is 12.4 Å². The van der Waals surface area contributed by atoms with Gasteiger partial charge in [0.05, 0.1) is 11.1 Å². The highest BCUT2D eigenvalue weighted by molar-refractivity contribution is 5.93. The van der Waals surface area contributed by atoms with Crippen LogP contribution in [0.15, 0.2) is 60.7 Å². The van der Waals surface area contributed by atoms with Crippen molar-refractivity contribution in [2.24, 2.45) is 0 Å². The average molecular weight is 495 g/mol. The lowest BCUT2D eigenvalue weighted by atomic mass is 9.87. The summed E-state index contributed by atoms with van der Waals surface area (Å²) < 4.78 is 83.6. The number of alkyl halides is 6. The molecule has 0 aliphatic heterocycles. The minimum absolute atomic E-state index is 0.0263. The Labute approximate surface area is 203 Å². The van der Waals surface area contributed by atoms with Gasteiger partial charge in [0.15, 0.2) is 0 Å². The molecule has 2 aliphatic rings. The second-order valence-corrected chi connectivity index (χ2v) is 9.38. The molecular weight excluding hydrogens is 476 g/mol. The van der Waals surface area contributed by atoms with Crippen LogP contribution in [0.4, 0.5) is 32.0 Å². The molecule has 36 heavy (non-hydrogen) atoms. The molecule has 0 atom stereocenters. The average Bonchev–Trinajstić information content (AvgIpc) is 3.38. The highest BCUT2D eigenvalue weighted by Crippen LogP contribution is 2.51. The fraction of sp³-hybridized carbons (Fsp3) is 0.172. The third-order valence-electron chi connectivity index (χ3n) is 7.38. The number of rotatable bonds is 1. The van der Waals surface area contributed by atoms with E-state index >= 15 is 0 Å². The van der Waals surface area contributed by atoms with E-state index in [4.69, 9.17) is 5.73 Å². The first-order valence-electron chi connectivity index (χ1n) is 11.4. The number of nitrogen functional groups attached to an aromatic ring is 1. The lowest BCUT2D eigenvalue weighted by Gasteiger charge is -2.19. The molecule has 7 heteroatoms. The summed E-state index contributed by atoms with van der Waals surface area (Å²) in [5.74, 6) is 0. The molecule has 0 fully saturated rings. The summed E-state index contributed by atoms with van der Waals surface area (Å²) in [5, 5.41) is 0. The quantitative estimate of drug-likeness (QED) is 0.180. The maximum Gasteiger partial charge on any atom is 0.417 e. The second kappa shape index (κ2) is 7.38. The van der Waals surface area contributed by atoms with Gasteiger partial charge in [-0.2, -0.15) is 26.3 Å². The van der Waals surface area contributed by atoms with Gasteiger partial charge in [-0.3, -0.25) is 0 Å². The van der Waals surface area contributed by atoms with Gasteiger partial charge in [-0.15, -0.1) is 0 Å². The van der Waals surface area contributed by atoms with E-state index in [9.17, 15) is 26.3 Å². The van der Waals surface area contributed by atoms with Crippen LogP contribution >= 0.6 is 0 Å². The standard InChI is InChI=1S/C29H19F6N/c1-14-19(13-22-18-7-3-2-5-15(18)9-24(22)27(14)36)21-11-17(28(30,31)32)12-23-20(21)10-16-6-4-8-25(26(16)23)29(33,34)35/h2-8,11-13H,9-10,36H2,1H3. The van der Waals surface area contributed by atoms with E-state index in [1.807, 2.05) is 30.3 Å². The van der Waals surface area contributed by atoms with Crippen LogP contribution in [-0.2, 0) is 25.2 Å². The number of hydrogen-bond acceptors (Lipinski definition) is 1. The van der Waals surface area contributed by atoms with Crippen LogP contribution in [0.2, 0.25) is 0 Å². The predicted octanol–water partition coefficient (Wildman–Crippen LogP) is 8.42. The maximum absolute atomic E-state index is 14.0. The number of nitrogens with two attached hydrogens (primary N) is 1. The van der Waals surface area contributed by atoms with Gasteiger partial charge in [0.25, 0.3) is 0 Å². The van der Waals surface area contributed by atoms with Gasteiger partial charge in [-0.1, -0.05) is 36.4 Å². The molecule has 0 saturated heterocycles. The SMILES string of the molecule is Cc1c(-c2cc(C(F)(F)F)cc3c2Cc2cccc(C(F)(F)F)c2-3)cc2c(c1N)Cc1ccccc1-2. The number of benzene rings is 4. The van der Waals surface area contributed by atoms with Crippen molar-refractivity contribution in [2.45, 2.75) is 32.1 Å². The van der Waals surface area contributed by atoms with Gasteiger partial charge in [0.2, 0.25) is 0 Å². The fourth-order valence-electron chi connectivity index (χ4n) is 5.68. The van der Waals surface area contributed by atoms with Gasteiger partial charge in [-0.25, -0.2) is 0 Å². The molecule has 0 spiro atoms. The van der Waals surface area contributed by atoms with Gasteiger partial charge in [0.1, 0.15) is 0 Å². The lowest BCUT2D eigenvalue weighted by molar-refractivity contribution is -0.137. The zero-order valence-corrected chi connectivity index (χ0v) is 19.0. The van der Waals surface area contributed by atoms with Crippen molar-refractivity contribution in [1.82, 2.24) is 0 Å². The molecule has 0 bridgehead atoms. The summed E-state index contributed by atoms with van der Waals surface area (Å²) >= 11 is 0. The van der Waals surface area contributed by atoms with Crippen molar-refractivity contribution in [2.75, 3.05) is 5.73 Å². The molecule has 0 amide bonds. The Morgan fingerprint density at radius 1 is 0.639 bits per heavy atom. The summed E-state index contributed by atoms with van der Waals surface area (Å²) in [4.78, 5) is 0. The van der Waals surface area contributed by atoms with Crippen molar-refractivity contribution >= 4 is 5.69 Å². The van der Waals surface area contributed by atoms with Gasteiger partial charge in [0, 0.05) is 12.1 Å². The second-order valence-electron chi connectivity index (χ2n) is 9.38. The first-order valence-corrected chi connectivity index (χ1v) is 11.4. The molecule has 1 nitrogen and oxygen atoms in total. The van der Waals surface area contributed by atoms with Crippen LogP contribution in [0.25, 0.3) is 33.4 Å². The van der Waals surface area contributed by atoms with Crippen LogP contribution in [-0.4, -0.2) is 0 Å². The maximum atomic E-state index is 14.0. The molecule has 0 heterocycles. The van der Waals surface area contributed by atoms with E-state index in [0.29, 0.717) is 34.4 Å². The Hall–Kier alpha value is -3.74.